The topological polar surface area (TPSA) is 33.3 Å². The summed E-state index contributed by atoms with van der Waals surface area (Å²) in [6.07, 6.45) is 10.8. The van der Waals surface area contributed by atoms with E-state index in [9.17, 15) is 0 Å². The fraction of sp³-hybridized carbons (Fsp3) is 0.571. The highest BCUT2D eigenvalue weighted by molar-refractivity contribution is 8.00. The highest BCUT2D eigenvalue weighted by Gasteiger charge is 2.34. The lowest BCUT2D eigenvalue weighted by Crippen LogP contribution is -2.39. The molecule has 4 heterocycles. The first-order chi connectivity index (χ1) is 16.2. The van der Waals surface area contributed by atoms with Gasteiger partial charge in [0, 0.05) is 44.5 Å². The van der Waals surface area contributed by atoms with E-state index in [0.717, 1.165) is 34.7 Å². The second-order valence-corrected chi connectivity index (χ2v) is 13.2. The standard InChI is InChI=1S/C28H36N2OS2/c1-9-25(32-27-13-21-5-6-22(14-27)29-21)10-2-19(1)17-31-18-20-3-11-26(12-4-20)33-28-15-23-7-8-24(16-28)30-23/h1-4,9-12,21-24,27-30H,5-8,13-18H2. The molecule has 4 atom stereocenters. The van der Waals surface area contributed by atoms with Crippen LogP contribution in [0, 0.1) is 0 Å². The van der Waals surface area contributed by atoms with Crippen LogP contribution in [0.15, 0.2) is 58.3 Å². The number of fused-ring (bicyclic) bond motifs is 4. The van der Waals surface area contributed by atoms with Crippen molar-refractivity contribution in [2.45, 2.75) is 109 Å². The van der Waals surface area contributed by atoms with E-state index in [1.165, 1.54) is 72.3 Å². The minimum Gasteiger partial charge on any atom is -0.372 e. The van der Waals surface area contributed by atoms with Crippen molar-refractivity contribution in [2.75, 3.05) is 0 Å². The Kier molecular flexibility index (Phi) is 7.04. The number of nitrogens with one attached hydrogen (secondary N) is 2. The van der Waals surface area contributed by atoms with Gasteiger partial charge in [0.1, 0.15) is 0 Å². The maximum absolute atomic E-state index is 6.03. The van der Waals surface area contributed by atoms with Gasteiger partial charge < -0.3 is 15.4 Å². The lowest BCUT2D eigenvalue weighted by Gasteiger charge is -2.28. The van der Waals surface area contributed by atoms with E-state index >= 15 is 0 Å². The summed E-state index contributed by atoms with van der Waals surface area (Å²) < 4.78 is 6.03. The number of hydrogen-bond donors (Lipinski definition) is 2. The average Bonchev–Trinajstić information content (AvgIpc) is 3.35. The summed E-state index contributed by atoms with van der Waals surface area (Å²) in [5, 5.41) is 9.04. The molecule has 4 bridgehead atoms. The van der Waals surface area contributed by atoms with Crippen LogP contribution in [0.2, 0.25) is 0 Å². The minimum atomic E-state index is 0.677. The Hall–Kier alpha value is -0.980. The molecule has 4 unspecified atom stereocenters. The van der Waals surface area contributed by atoms with Crippen LogP contribution >= 0.6 is 23.5 Å². The fourth-order valence-electron chi connectivity index (χ4n) is 6.20. The smallest absolute Gasteiger partial charge is 0.0721 e. The molecular weight excluding hydrogens is 444 g/mol. The zero-order chi connectivity index (χ0) is 22.0. The summed E-state index contributed by atoms with van der Waals surface area (Å²) in [6.45, 7) is 1.35. The summed E-state index contributed by atoms with van der Waals surface area (Å²) in [6, 6.07) is 21.2. The molecule has 3 nitrogen and oxygen atoms in total. The number of thioether (sulfide) groups is 2. The number of piperidine rings is 2. The third kappa shape index (κ3) is 5.82. The number of benzene rings is 2. The molecule has 33 heavy (non-hydrogen) atoms. The summed E-state index contributed by atoms with van der Waals surface area (Å²) in [7, 11) is 0. The van der Waals surface area contributed by atoms with Crippen LogP contribution in [0.3, 0.4) is 0 Å². The van der Waals surface area contributed by atoms with Crippen molar-refractivity contribution in [3.63, 3.8) is 0 Å². The molecule has 2 aromatic carbocycles. The molecule has 6 rings (SSSR count). The number of hydrogen-bond acceptors (Lipinski definition) is 5. The first kappa shape index (κ1) is 22.5. The first-order valence-corrected chi connectivity index (χ1v) is 14.6. The summed E-state index contributed by atoms with van der Waals surface area (Å²) >= 11 is 4.14. The third-order valence-corrected chi connectivity index (χ3v) is 10.4. The second-order valence-electron chi connectivity index (χ2n) is 10.5. The Bertz CT molecular complexity index is 819. The SMILES string of the molecule is c1cc(SC2CC3CCC(C2)N3)ccc1COCc1ccc(SC2CC3CCC(C2)N3)cc1. The summed E-state index contributed by atoms with van der Waals surface area (Å²) in [4.78, 5) is 2.81. The highest BCUT2D eigenvalue weighted by Crippen LogP contribution is 2.38. The van der Waals surface area contributed by atoms with Crippen molar-refractivity contribution in [3.05, 3.63) is 59.7 Å². The van der Waals surface area contributed by atoms with Crippen LogP contribution < -0.4 is 10.6 Å². The van der Waals surface area contributed by atoms with E-state index in [2.05, 4.69) is 82.7 Å². The van der Waals surface area contributed by atoms with Crippen molar-refractivity contribution in [2.24, 2.45) is 0 Å². The first-order valence-electron chi connectivity index (χ1n) is 12.9. The largest absolute Gasteiger partial charge is 0.372 e. The van der Waals surface area contributed by atoms with E-state index in [4.69, 9.17) is 4.74 Å². The molecule has 4 fully saturated rings. The zero-order valence-electron chi connectivity index (χ0n) is 19.4. The summed E-state index contributed by atoms with van der Waals surface area (Å²) in [5.74, 6) is 0. The monoisotopic (exact) mass is 480 g/mol. The minimum absolute atomic E-state index is 0.677. The Balaban J connectivity index is 0.935. The summed E-state index contributed by atoms with van der Waals surface area (Å²) in [5.41, 5.74) is 2.52. The van der Waals surface area contributed by atoms with Crippen molar-refractivity contribution in [1.29, 1.82) is 0 Å². The predicted octanol–water partition coefficient (Wildman–Crippen LogP) is 6.15. The fourth-order valence-corrected chi connectivity index (χ4v) is 8.87. The Morgan fingerprint density at radius 3 is 1.30 bits per heavy atom. The molecule has 176 valence electrons. The molecule has 0 spiro atoms. The quantitative estimate of drug-likeness (QED) is 0.473. The van der Waals surface area contributed by atoms with Crippen molar-refractivity contribution in [1.82, 2.24) is 10.6 Å². The van der Waals surface area contributed by atoms with E-state index in [0.29, 0.717) is 13.2 Å². The van der Waals surface area contributed by atoms with Gasteiger partial charge in [0.25, 0.3) is 0 Å². The molecular formula is C28H36N2OS2. The number of ether oxygens (including phenoxy) is 1. The van der Waals surface area contributed by atoms with E-state index in [-0.39, 0.29) is 0 Å². The van der Waals surface area contributed by atoms with Gasteiger partial charge in [0.05, 0.1) is 13.2 Å². The van der Waals surface area contributed by atoms with E-state index < -0.39 is 0 Å². The van der Waals surface area contributed by atoms with Gasteiger partial charge in [-0.3, -0.25) is 0 Å². The van der Waals surface area contributed by atoms with Crippen molar-refractivity contribution >= 4 is 23.5 Å². The van der Waals surface area contributed by atoms with Gasteiger partial charge in [0.2, 0.25) is 0 Å². The second kappa shape index (κ2) is 10.3. The van der Waals surface area contributed by atoms with Crippen LogP contribution in [0.5, 0.6) is 0 Å². The van der Waals surface area contributed by atoms with Gasteiger partial charge >= 0.3 is 0 Å². The normalized spacial score (nSPS) is 32.8. The van der Waals surface area contributed by atoms with Gasteiger partial charge in [-0.2, -0.15) is 0 Å². The molecule has 4 saturated heterocycles. The highest BCUT2D eigenvalue weighted by atomic mass is 32.2. The van der Waals surface area contributed by atoms with Crippen molar-refractivity contribution in [3.8, 4) is 0 Å². The molecule has 2 aromatic rings. The van der Waals surface area contributed by atoms with Crippen LogP contribution in [-0.2, 0) is 18.0 Å². The van der Waals surface area contributed by atoms with Crippen LogP contribution in [0.4, 0.5) is 0 Å². The predicted molar refractivity (Wildman–Crippen MR) is 139 cm³/mol. The number of rotatable bonds is 8. The van der Waals surface area contributed by atoms with E-state index in [1.807, 2.05) is 0 Å². The Morgan fingerprint density at radius 1 is 0.576 bits per heavy atom. The molecule has 0 amide bonds. The molecule has 4 aliphatic heterocycles. The molecule has 2 N–H and O–H groups in total. The maximum atomic E-state index is 6.03. The molecule has 0 radical (unpaired) electrons. The molecule has 5 heteroatoms. The van der Waals surface area contributed by atoms with E-state index in [1.54, 1.807) is 0 Å². The molecule has 0 aromatic heterocycles. The lowest BCUT2D eigenvalue weighted by atomic mass is 10.1. The van der Waals surface area contributed by atoms with Gasteiger partial charge in [-0.15, -0.1) is 23.5 Å². The van der Waals surface area contributed by atoms with Gasteiger partial charge in [0.15, 0.2) is 0 Å². The van der Waals surface area contributed by atoms with Gasteiger partial charge in [-0.05, 0) is 86.8 Å². The zero-order valence-corrected chi connectivity index (χ0v) is 21.0. The van der Waals surface area contributed by atoms with Crippen molar-refractivity contribution < 1.29 is 4.74 Å². The molecule has 4 aliphatic rings. The molecule has 0 aliphatic carbocycles. The van der Waals surface area contributed by atoms with Crippen LogP contribution in [0.25, 0.3) is 0 Å². The lowest BCUT2D eigenvalue weighted by molar-refractivity contribution is 0.107. The third-order valence-electron chi connectivity index (χ3n) is 7.85. The Labute approximate surface area is 207 Å². The van der Waals surface area contributed by atoms with Gasteiger partial charge in [-0.1, -0.05) is 24.3 Å². The average molecular weight is 481 g/mol. The maximum Gasteiger partial charge on any atom is 0.0721 e. The molecule has 0 saturated carbocycles. The Morgan fingerprint density at radius 2 is 0.939 bits per heavy atom. The van der Waals surface area contributed by atoms with Gasteiger partial charge in [-0.25, -0.2) is 0 Å². The van der Waals surface area contributed by atoms with Crippen LogP contribution in [0.1, 0.15) is 62.5 Å². The van der Waals surface area contributed by atoms with Crippen LogP contribution in [-0.4, -0.2) is 34.7 Å².